The lowest BCUT2D eigenvalue weighted by Crippen LogP contribution is -2.15. The number of anilines is 2. The van der Waals surface area contributed by atoms with Crippen LogP contribution in [0.2, 0.25) is 0 Å². The molecule has 0 radical (unpaired) electrons. The van der Waals surface area contributed by atoms with Crippen LogP contribution in [0, 0.1) is 0 Å². The molecule has 0 saturated heterocycles. The van der Waals surface area contributed by atoms with Gasteiger partial charge in [0.25, 0.3) is 0 Å². The topological polar surface area (TPSA) is 12.0 Å². The van der Waals surface area contributed by atoms with Gasteiger partial charge in [-0.15, -0.1) is 11.3 Å². The standard InChI is InChI=1S/C31H23NS/c1-31(2)25-13-7-5-11-22(25)23-16-15-20(18-26(23)31)32-27-17-19-9-3-4-10-21(19)29-24-12-6-8-14-28(24)33-30(27)29/h3-18,32H,1-2H3. The molecular formula is C31H23NS. The van der Waals surface area contributed by atoms with E-state index in [4.69, 9.17) is 0 Å². The van der Waals surface area contributed by atoms with Crippen molar-refractivity contribution in [3.8, 4) is 11.1 Å². The molecule has 0 spiro atoms. The van der Waals surface area contributed by atoms with Crippen LogP contribution in [-0.2, 0) is 5.41 Å². The summed E-state index contributed by atoms with van der Waals surface area (Å²) < 4.78 is 2.65. The van der Waals surface area contributed by atoms with E-state index in [1.807, 2.05) is 11.3 Å². The highest BCUT2D eigenvalue weighted by Gasteiger charge is 2.35. The summed E-state index contributed by atoms with van der Waals surface area (Å²) in [5, 5.41) is 9.08. The van der Waals surface area contributed by atoms with Crippen LogP contribution in [0.15, 0.2) is 97.1 Å². The molecule has 0 unspecified atom stereocenters. The van der Waals surface area contributed by atoms with Crippen LogP contribution in [0.3, 0.4) is 0 Å². The summed E-state index contributed by atoms with van der Waals surface area (Å²) in [6, 6.07) is 35.5. The molecule has 0 saturated carbocycles. The minimum atomic E-state index is -0.0000647. The molecule has 1 aliphatic carbocycles. The highest BCUT2D eigenvalue weighted by Crippen LogP contribution is 2.50. The molecule has 0 bridgehead atoms. The number of thiophene rings is 1. The highest BCUT2D eigenvalue weighted by atomic mass is 32.1. The van der Waals surface area contributed by atoms with E-state index in [-0.39, 0.29) is 5.41 Å². The van der Waals surface area contributed by atoms with Crippen molar-refractivity contribution >= 4 is 53.7 Å². The minimum absolute atomic E-state index is 0.0000647. The quantitative estimate of drug-likeness (QED) is 0.282. The third-order valence-corrected chi connectivity index (χ3v) is 8.44. The molecule has 0 fully saturated rings. The summed E-state index contributed by atoms with van der Waals surface area (Å²) in [4.78, 5) is 0. The molecule has 158 valence electrons. The molecule has 1 nitrogen and oxygen atoms in total. The molecular weight excluding hydrogens is 418 g/mol. The Hall–Kier alpha value is -3.62. The Bertz CT molecular complexity index is 1720. The van der Waals surface area contributed by atoms with E-state index in [0.717, 1.165) is 5.69 Å². The zero-order chi connectivity index (χ0) is 22.2. The summed E-state index contributed by atoms with van der Waals surface area (Å²) in [5.74, 6) is 0. The summed E-state index contributed by atoms with van der Waals surface area (Å²) in [6.45, 7) is 4.67. The average molecular weight is 442 g/mol. The van der Waals surface area contributed by atoms with Gasteiger partial charge < -0.3 is 5.32 Å². The Labute approximate surface area is 197 Å². The predicted octanol–water partition coefficient (Wildman–Crippen LogP) is 9.26. The summed E-state index contributed by atoms with van der Waals surface area (Å²) in [7, 11) is 0. The van der Waals surface area contributed by atoms with Crippen LogP contribution >= 0.6 is 11.3 Å². The molecule has 2 heteroatoms. The summed E-state index contributed by atoms with van der Waals surface area (Å²) in [6.07, 6.45) is 0. The van der Waals surface area contributed by atoms with Gasteiger partial charge in [-0.05, 0) is 57.3 Å². The second kappa shape index (κ2) is 6.69. The van der Waals surface area contributed by atoms with E-state index >= 15 is 0 Å². The fraction of sp³-hybridized carbons (Fsp3) is 0.0968. The number of nitrogens with one attached hydrogen (secondary N) is 1. The maximum Gasteiger partial charge on any atom is 0.0596 e. The number of rotatable bonds is 2. The molecule has 5 aromatic carbocycles. The third-order valence-electron chi connectivity index (χ3n) is 7.23. The van der Waals surface area contributed by atoms with Gasteiger partial charge in [0.15, 0.2) is 0 Å². The van der Waals surface area contributed by atoms with Gasteiger partial charge in [0, 0.05) is 26.6 Å². The highest BCUT2D eigenvalue weighted by molar-refractivity contribution is 7.26. The molecule has 7 rings (SSSR count). The fourth-order valence-corrected chi connectivity index (χ4v) is 6.79. The van der Waals surface area contributed by atoms with E-state index in [2.05, 4.69) is 116 Å². The lowest BCUT2D eigenvalue weighted by Gasteiger charge is -2.22. The average Bonchev–Trinajstić information content (AvgIpc) is 3.34. The van der Waals surface area contributed by atoms with Crippen LogP contribution in [0.5, 0.6) is 0 Å². The smallest absolute Gasteiger partial charge is 0.0596 e. The predicted molar refractivity (Wildman–Crippen MR) is 144 cm³/mol. The van der Waals surface area contributed by atoms with Crippen LogP contribution in [0.25, 0.3) is 42.1 Å². The SMILES string of the molecule is CC1(C)c2ccccc2-c2ccc(Nc3cc4ccccc4c4c3sc3ccccc34)cc21. The molecule has 33 heavy (non-hydrogen) atoms. The molecule has 1 aliphatic rings. The molecule has 1 N–H and O–H groups in total. The Morgan fingerprint density at radius 1 is 0.667 bits per heavy atom. The van der Waals surface area contributed by atoms with Crippen LogP contribution in [0.4, 0.5) is 11.4 Å². The second-order valence-corrected chi connectivity index (χ2v) is 10.6. The van der Waals surface area contributed by atoms with Gasteiger partial charge in [0.2, 0.25) is 0 Å². The first kappa shape index (κ1) is 18.9. The lowest BCUT2D eigenvalue weighted by atomic mass is 9.82. The van der Waals surface area contributed by atoms with Gasteiger partial charge in [0.1, 0.15) is 0 Å². The van der Waals surface area contributed by atoms with Crippen molar-refractivity contribution < 1.29 is 0 Å². The Morgan fingerprint density at radius 3 is 2.30 bits per heavy atom. The summed E-state index contributed by atoms with van der Waals surface area (Å²) >= 11 is 1.87. The van der Waals surface area contributed by atoms with Crippen LogP contribution in [0.1, 0.15) is 25.0 Å². The maximum atomic E-state index is 3.80. The first-order chi connectivity index (χ1) is 16.1. The molecule has 0 amide bonds. The van der Waals surface area contributed by atoms with Crippen LogP contribution < -0.4 is 5.32 Å². The van der Waals surface area contributed by atoms with Crippen molar-refractivity contribution in [3.05, 3.63) is 108 Å². The first-order valence-electron chi connectivity index (χ1n) is 11.5. The van der Waals surface area contributed by atoms with Gasteiger partial charge >= 0.3 is 0 Å². The fourth-order valence-electron chi connectivity index (χ4n) is 5.60. The number of hydrogen-bond acceptors (Lipinski definition) is 2. The monoisotopic (exact) mass is 441 g/mol. The maximum absolute atomic E-state index is 3.80. The summed E-state index contributed by atoms with van der Waals surface area (Å²) in [5.41, 5.74) is 7.84. The molecule has 0 atom stereocenters. The van der Waals surface area contributed by atoms with E-state index in [1.54, 1.807) is 0 Å². The molecule has 6 aromatic rings. The van der Waals surface area contributed by atoms with Gasteiger partial charge in [-0.1, -0.05) is 86.6 Å². The van der Waals surface area contributed by atoms with Gasteiger partial charge in [-0.3, -0.25) is 0 Å². The van der Waals surface area contributed by atoms with E-state index < -0.39 is 0 Å². The van der Waals surface area contributed by atoms with Crippen molar-refractivity contribution in [2.75, 3.05) is 5.32 Å². The van der Waals surface area contributed by atoms with E-state index in [1.165, 1.54) is 58.9 Å². The van der Waals surface area contributed by atoms with Crippen molar-refractivity contribution in [1.29, 1.82) is 0 Å². The number of benzene rings is 5. The Morgan fingerprint density at radius 2 is 1.39 bits per heavy atom. The number of hydrogen-bond donors (Lipinski definition) is 1. The van der Waals surface area contributed by atoms with Crippen molar-refractivity contribution in [3.63, 3.8) is 0 Å². The molecule has 1 aromatic heterocycles. The van der Waals surface area contributed by atoms with Gasteiger partial charge in [-0.2, -0.15) is 0 Å². The molecule has 1 heterocycles. The normalized spacial score (nSPS) is 14.0. The Kier molecular flexibility index (Phi) is 3.83. The third kappa shape index (κ3) is 2.65. The van der Waals surface area contributed by atoms with Crippen molar-refractivity contribution in [1.82, 2.24) is 0 Å². The van der Waals surface area contributed by atoms with Gasteiger partial charge in [-0.25, -0.2) is 0 Å². The van der Waals surface area contributed by atoms with E-state index in [0.29, 0.717) is 0 Å². The first-order valence-corrected chi connectivity index (χ1v) is 12.3. The van der Waals surface area contributed by atoms with Crippen LogP contribution in [-0.4, -0.2) is 0 Å². The van der Waals surface area contributed by atoms with Crippen molar-refractivity contribution in [2.45, 2.75) is 19.3 Å². The van der Waals surface area contributed by atoms with E-state index in [9.17, 15) is 0 Å². The second-order valence-electron chi connectivity index (χ2n) is 9.50. The lowest BCUT2D eigenvalue weighted by molar-refractivity contribution is 0.660. The van der Waals surface area contributed by atoms with Crippen molar-refractivity contribution in [2.24, 2.45) is 0 Å². The Balaban J connectivity index is 1.42. The van der Waals surface area contributed by atoms with Gasteiger partial charge in [0.05, 0.1) is 10.4 Å². The molecule has 0 aliphatic heterocycles. The zero-order valence-electron chi connectivity index (χ0n) is 18.6. The zero-order valence-corrected chi connectivity index (χ0v) is 19.5. The number of fused-ring (bicyclic) bond motifs is 8. The minimum Gasteiger partial charge on any atom is -0.354 e. The largest absolute Gasteiger partial charge is 0.354 e.